The molecule has 6 unspecified atom stereocenters. The second kappa shape index (κ2) is 22.5. The van der Waals surface area contributed by atoms with Crippen LogP contribution in [0.4, 0.5) is 4.79 Å². The van der Waals surface area contributed by atoms with E-state index < -0.39 is 23.8 Å². The van der Waals surface area contributed by atoms with Crippen molar-refractivity contribution < 1.29 is 38.8 Å². The summed E-state index contributed by atoms with van der Waals surface area (Å²) in [5.41, 5.74) is 5.83. The average molecular weight is 905 g/mol. The summed E-state index contributed by atoms with van der Waals surface area (Å²) < 4.78 is 27.4. The predicted octanol–water partition coefficient (Wildman–Crippen LogP) is 12.2. The molecule has 1 fully saturated rings. The average Bonchev–Trinajstić information content (AvgIpc) is 3.36. The minimum absolute atomic E-state index is 0.0481. The Kier molecular flexibility index (Phi) is 15.9. The van der Waals surface area contributed by atoms with Gasteiger partial charge in [-0.15, -0.1) is 13.2 Å². The van der Waals surface area contributed by atoms with E-state index in [4.69, 9.17) is 28.9 Å². The Morgan fingerprint density at radius 3 is 2.34 bits per heavy atom. The fourth-order valence-electron chi connectivity index (χ4n) is 10.6. The van der Waals surface area contributed by atoms with Crippen molar-refractivity contribution in [2.75, 3.05) is 33.0 Å². The number of aliphatic hydroxyl groups excluding tert-OH is 2. The van der Waals surface area contributed by atoms with E-state index in [0.29, 0.717) is 43.1 Å². The minimum atomic E-state index is -1.45. The summed E-state index contributed by atoms with van der Waals surface area (Å²) >= 11 is 0. The van der Waals surface area contributed by atoms with E-state index in [-0.39, 0.29) is 57.1 Å². The molecule has 67 heavy (non-hydrogen) atoms. The second-order valence-electron chi connectivity index (χ2n) is 17.6. The number of hydrogen-bond acceptors (Lipinski definition) is 9. The molecule has 1 heterocycles. The summed E-state index contributed by atoms with van der Waals surface area (Å²) in [6, 6.07) is 37.9. The number of oxime groups is 1. The largest absolute Gasteiger partial charge is 0.459 e. The Hall–Kier alpha value is -6.20. The summed E-state index contributed by atoms with van der Waals surface area (Å²) in [6.45, 7) is 10.9. The molecule has 0 spiro atoms. The maximum absolute atomic E-state index is 14.9. The summed E-state index contributed by atoms with van der Waals surface area (Å²) in [7, 11) is 0. The molecule has 8 rings (SSSR count). The number of benzene rings is 5. The summed E-state index contributed by atoms with van der Waals surface area (Å²) in [6.07, 6.45) is 10.7. The number of rotatable bonds is 22. The van der Waals surface area contributed by atoms with Crippen molar-refractivity contribution in [2.45, 2.75) is 82.6 Å². The molecule has 5 aromatic carbocycles. The van der Waals surface area contributed by atoms with Crippen LogP contribution in [0.15, 0.2) is 157 Å². The van der Waals surface area contributed by atoms with Crippen LogP contribution in [0.1, 0.15) is 75.3 Å². The van der Waals surface area contributed by atoms with Crippen molar-refractivity contribution in [2.24, 2.45) is 22.9 Å². The molecule has 0 bridgehead atoms. The van der Waals surface area contributed by atoms with E-state index in [0.717, 1.165) is 70.0 Å². The van der Waals surface area contributed by atoms with Gasteiger partial charge in [0.25, 0.3) is 0 Å². The lowest BCUT2D eigenvalue weighted by molar-refractivity contribution is -0.256. The molecule has 0 saturated heterocycles. The first-order valence-electron chi connectivity index (χ1n) is 24.0. The molecule has 0 radical (unpaired) electrons. The topological polar surface area (TPSA) is 119 Å². The Morgan fingerprint density at radius 2 is 1.58 bits per heavy atom. The van der Waals surface area contributed by atoms with E-state index in [1.807, 2.05) is 67.6 Å². The Morgan fingerprint density at radius 1 is 0.851 bits per heavy atom. The minimum Gasteiger partial charge on any atom is -0.459 e. The first-order valence-corrected chi connectivity index (χ1v) is 24.0. The van der Waals surface area contributed by atoms with Gasteiger partial charge < -0.3 is 34.0 Å². The molecule has 350 valence electrons. The van der Waals surface area contributed by atoms with Crippen LogP contribution in [0.2, 0.25) is 0 Å². The highest BCUT2D eigenvalue weighted by Crippen LogP contribution is 2.62. The first kappa shape index (κ1) is 47.3. The van der Waals surface area contributed by atoms with Gasteiger partial charge in [-0.2, -0.15) is 0 Å². The van der Waals surface area contributed by atoms with Crippen molar-refractivity contribution in [1.82, 2.24) is 4.90 Å². The molecule has 3 aliphatic rings. The van der Waals surface area contributed by atoms with Gasteiger partial charge in [0.05, 0.1) is 31.4 Å². The van der Waals surface area contributed by atoms with Crippen LogP contribution in [-0.2, 0) is 20.9 Å². The van der Waals surface area contributed by atoms with E-state index in [2.05, 4.69) is 73.8 Å². The lowest BCUT2D eigenvalue weighted by atomic mass is 9.55. The molecule has 5 aromatic rings. The quantitative estimate of drug-likeness (QED) is 0.0400. The fraction of sp³-hybridized carbons (Fsp3) is 0.368. The summed E-state index contributed by atoms with van der Waals surface area (Å²) in [5.74, 6) is -0.0237. The lowest BCUT2D eigenvalue weighted by Crippen LogP contribution is -2.70. The number of hydrogen-bond donors (Lipinski definition) is 2. The standard InChI is InChI=1S/C57H64N2O8/c1-4-7-35-63-56(62)59(39-44-23-17-22-42-20-11-12-24-47(42)44)53-38-51(58-65-6-3)49-36-43(21-13-15-32-60)48(25-14-16-33-61)54-50-37-46(30-31-52(50)67-57(53,55(49)54)64-34-5-2)66-45-28-26-41(27-29-45)40-18-9-8-10-19-40/h4-5,8-12,17-20,22-24,26-31,36-37,43,48,53-55,60-61H,1-2,6-7,13-16,21,25,32-35,38-39H2,3H3. The Bertz CT molecular complexity index is 2520. The van der Waals surface area contributed by atoms with E-state index in [1.54, 1.807) is 17.1 Å². The van der Waals surface area contributed by atoms with E-state index >= 15 is 0 Å². The second-order valence-corrected chi connectivity index (χ2v) is 17.6. The highest BCUT2D eigenvalue weighted by molar-refractivity contribution is 6.03. The van der Waals surface area contributed by atoms with Crippen molar-refractivity contribution >= 4 is 22.6 Å². The van der Waals surface area contributed by atoms with Crippen LogP contribution in [0, 0.1) is 17.8 Å². The molecule has 10 heteroatoms. The first-order chi connectivity index (χ1) is 32.9. The van der Waals surface area contributed by atoms with Crippen molar-refractivity contribution in [3.05, 3.63) is 163 Å². The highest BCUT2D eigenvalue weighted by Gasteiger charge is 2.65. The number of amides is 1. The van der Waals surface area contributed by atoms with Gasteiger partial charge in [-0.1, -0.05) is 121 Å². The molecule has 10 nitrogen and oxygen atoms in total. The number of carbonyl (C=O) groups is 1. The SMILES string of the molecule is C=CCCOC(=O)N(Cc1cccc2ccccc12)C1CC(=NOCC)C2=CC(CCCCO)C(CCCCO)C3c4cc(Oc5ccc(-c6ccccc6)cc5)ccc4OC1(OCC=C)C23. The Labute approximate surface area is 395 Å². The number of allylic oxidation sites excluding steroid dienone is 1. The van der Waals surface area contributed by atoms with Crippen LogP contribution in [0.5, 0.6) is 17.2 Å². The van der Waals surface area contributed by atoms with Crippen LogP contribution >= 0.6 is 0 Å². The highest BCUT2D eigenvalue weighted by atomic mass is 16.7. The third kappa shape index (κ3) is 10.4. The van der Waals surface area contributed by atoms with Crippen LogP contribution in [0.3, 0.4) is 0 Å². The number of carbonyl (C=O) groups excluding carboxylic acids is 1. The number of ether oxygens (including phenoxy) is 4. The van der Waals surface area contributed by atoms with Crippen molar-refractivity contribution in [1.29, 1.82) is 0 Å². The zero-order chi connectivity index (χ0) is 46.6. The van der Waals surface area contributed by atoms with Gasteiger partial charge in [0, 0.05) is 31.1 Å². The third-order valence-electron chi connectivity index (χ3n) is 13.5. The maximum atomic E-state index is 14.9. The zero-order valence-corrected chi connectivity index (χ0v) is 38.6. The maximum Gasteiger partial charge on any atom is 0.410 e. The summed E-state index contributed by atoms with van der Waals surface area (Å²) in [4.78, 5) is 22.6. The van der Waals surface area contributed by atoms with Gasteiger partial charge in [-0.3, -0.25) is 4.90 Å². The van der Waals surface area contributed by atoms with Gasteiger partial charge in [-0.25, -0.2) is 4.79 Å². The molecular weight excluding hydrogens is 841 g/mol. The van der Waals surface area contributed by atoms with E-state index in [9.17, 15) is 15.0 Å². The monoisotopic (exact) mass is 904 g/mol. The van der Waals surface area contributed by atoms with Gasteiger partial charge in [0.15, 0.2) is 0 Å². The van der Waals surface area contributed by atoms with Crippen molar-refractivity contribution in [3.63, 3.8) is 0 Å². The third-order valence-corrected chi connectivity index (χ3v) is 13.5. The fourth-order valence-corrected chi connectivity index (χ4v) is 10.6. The lowest BCUT2D eigenvalue weighted by Gasteiger charge is -2.59. The van der Waals surface area contributed by atoms with Gasteiger partial charge >= 0.3 is 6.09 Å². The zero-order valence-electron chi connectivity index (χ0n) is 38.6. The normalized spacial score (nSPS) is 22.2. The number of nitrogens with zero attached hydrogens (tertiary/aromatic N) is 2. The number of aliphatic hydroxyl groups is 2. The predicted molar refractivity (Wildman–Crippen MR) is 264 cm³/mol. The number of fused-ring (bicyclic) bond motifs is 3. The molecule has 2 aliphatic carbocycles. The van der Waals surface area contributed by atoms with Crippen molar-refractivity contribution in [3.8, 4) is 28.4 Å². The smallest absolute Gasteiger partial charge is 0.410 e. The van der Waals surface area contributed by atoms with Crippen LogP contribution in [-0.4, -0.2) is 71.8 Å². The molecule has 2 N–H and O–H groups in total. The molecule has 1 amide bonds. The van der Waals surface area contributed by atoms with Gasteiger partial charge in [-0.05, 0) is 114 Å². The number of unbranched alkanes of at least 4 members (excludes halogenated alkanes) is 2. The van der Waals surface area contributed by atoms with Gasteiger partial charge in [0.1, 0.15) is 29.9 Å². The molecule has 0 aromatic heterocycles. The molecular formula is C57H64N2O8. The Balaban J connectivity index is 1.31. The molecule has 1 aliphatic heterocycles. The summed E-state index contributed by atoms with van der Waals surface area (Å²) in [5, 5.41) is 27.0. The molecule has 1 saturated carbocycles. The van der Waals surface area contributed by atoms with E-state index in [1.165, 1.54) is 0 Å². The van der Waals surface area contributed by atoms with Crippen LogP contribution < -0.4 is 9.47 Å². The molecule has 6 atom stereocenters. The van der Waals surface area contributed by atoms with Crippen LogP contribution in [0.25, 0.3) is 21.9 Å². The van der Waals surface area contributed by atoms with Gasteiger partial charge in [0.2, 0.25) is 5.79 Å².